The van der Waals surface area contributed by atoms with E-state index in [1.54, 1.807) is 13.8 Å². The Morgan fingerprint density at radius 2 is 1.69 bits per heavy atom. The maximum Gasteiger partial charge on any atom is 0.356 e. The number of pyridine rings is 1. The van der Waals surface area contributed by atoms with E-state index in [9.17, 15) is 18.0 Å². The Balaban J connectivity index is 2.18. The average molecular weight is 362 g/mol. The van der Waals surface area contributed by atoms with Crippen molar-refractivity contribution in [2.45, 2.75) is 13.8 Å². The number of benzene rings is 1. The van der Waals surface area contributed by atoms with Crippen LogP contribution in [-0.4, -0.2) is 23.2 Å². The Morgan fingerprint density at radius 3 is 2.23 bits per heavy atom. The van der Waals surface area contributed by atoms with Crippen LogP contribution in [0.5, 0.6) is 0 Å². The van der Waals surface area contributed by atoms with Gasteiger partial charge in [0.25, 0.3) is 0 Å². The van der Waals surface area contributed by atoms with E-state index in [-0.39, 0.29) is 11.3 Å². The molecule has 8 heteroatoms. The summed E-state index contributed by atoms with van der Waals surface area (Å²) >= 11 is 0. The molecule has 3 aromatic rings. The minimum absolute atomic E-state index is 0.199. The minimum Gasteiger partial charge on any atom is -0.464 e. The third-order valence-electron chi connectivity index (χ3n) is 3.84. The van der Waals surface area contributed by atoms with E-state index < -0.39 is 34.7 Å². The summed E-state index contributed by atoms with van der Waals surface area (Å²) in [5, 5.41) is 3.74. The van der Waals surface area contributed by atoms with Crippen LogP contribution in [0.2, 0.25) is 0 Å². The Labute approximate surface area is 146 Å². The van der Waals surface area contributed by atoms with E-state index in [0.717, 1.165) is 31.4 Å². The van der Waals surface area contributed by atoms with Gasteiger partial charge in [0, 0.05) is 5.56 Å². The molecule has 0 atom stereocenters. The third-order valence-corrected chi connectivity index (χ3v) is 3.84. The van der Waals surface area contributed by atoms with Gasteiger partial charge in [0.05, 0.1) is 18.4 Å². The highest BCUT2D eigenvalue weighted by Gasteiger charge is 2.22. The summed E-state index contributed by atoms with van der Waals surface area (Å²) in [4.78, 5) is 15.3. The summed E-state index contributed by atoms with van der Waals surface area (Å²) in [7, 11) is 1.12. The molecular weight excluding hydrogens is 349 g/mol. The molecule has 0 amide bonds. The Morgan fingerprint density at radius 1 is 1.04 bits per heavy atom. The molecule has 0 unspecified atom stereocenters. The SMILES string of the molecule is COC(=O)c1ccc(F)c(-c2c(F)cc(-c3c(C)noc3C)cc2F)n1. The third kappa shape index (κ3) is 2.94. The van der Waals surface area contributed by atoms with Crippen LogP contribution in [0.3, 0.4) is 0 Å². The number of hydrogen-bond acceptors (Lipinski definition) is 5. The highest BCUT2D eigenvalue weighted by Crippen LogP contribution is 2.34. The van der Waals surface area contributed by atoms with Crippen LogP contribution >= 0.6 is 0 Å². The highest BCUT2D eigenvalue weighted by atomic mass is 19.1. The quantitative estimate of drug-likeness (QED) is 0.653. The van der Waals surface area contributed by atoms with Crippen molar-refractivity contribution < 1.29 is 27.2 Å². The number of nitrogens with zero attached hydrogens (tertiary/aromatic N) is 2. The molecule has 26 heavy (non-hydrogen) atoms. The molecule has 0 aliphatic heterocycles. The molecule has 1 aromatic carbocycles. The lowest BCUT2D eigenvalue weighted by atomic mass is 10.00. The number of carbonyl (C=O) groups is 1. The standard InChI is InChI=1S/C18H13F3N2O3/c1-8-15(9(2)26-23-8)10-6-12(20)16(13(21)7-10)17-11(19)4-5-14(22-17)18(24)25-3/h4-7H,1-3H3. The van der Waals surface area contributed by atoms with Crippen molar-refractivity contribution in [3.8, 4) is 22.4 Å². The van der Waals surface area contributed by atoms with E-state index in [1.165, 1.54) is 0 Å². The molecule has 5 nitrogen and oxygen atoms in total. The van der Waals surface area contributed by atoms with Gasteiger partial charge in [0.1, 0.15) is 34.6 Å². The van der Waals surface area contributed by atoms with Crippen molar-refractivity contribution in [3.63, 3.8) is 0 Å². The minimum atomic E-state index is -1.03. The van der Waals surface area contributed by atoms with E-state index in [0.29, 0.717) is 17.0 Å². The van der Waals surface area contributed by atoms with E-state index in [2.05, 4.69) is 14.9 Å². The van der Waals surface area contributed by atoms with Gasteiger partial charge in [-0.25, -0.2) is 22.9 Å². The molecule has 0 saturated heterocycles. The second-order valence-electron chi connectivity index (χ2n) is 5.53. The number of aryl methyl sites for hydroxylation is 2. The van der Waals surface area contributed by atoms with Gasteiger partial charge in [-0.15, -0.1) is 0 Å². The largest absolute Gasteiger partial charge is 0.464 e. The number of ether oxygens (including phenoxy) is 1. The monoisotopic (exact) mass is 362 g/mol. The zero-order valence-corrected chi connectivity index (χ0v) is 14.1. The van der Waals surface area contributed by atoms with E-state index in [1.807, 2.05) is 0 Å². The molecule has 3 rings (SSSR count). The fraction of sp³-hybridized carbons (Fsp3) is 0.167. The zero-order chi connectivity index (χ0) is 19.0. The first-order valence-corrected chi connectivity index (χ1v) is 7.51. The number of hydrogen-bond donors (Lipinski definition) is 0. The summed E-state index contributed by atoms with van der Waals surface area (Å²) in [6.45, 7) is 3.25. The van der Waals surface area contributed by atoms with Crippen LogP contribution < -0.4 is 0 Å². The first-order valence-electron chi connectivity index (χ1n) is 7.51. The van der Waals surface area contributed by atoms with Gasteiger partial charge in [-0.05, 0) is 43.7 Å². The van der Waals surface area contributed by atoms with Gasteiger partial charge in [0.15, 0.2) is 0 Å². The maximum atomic E-state index is 14.6. The molecule has 2 heterocycles. The summed E-state index contributed by atoms with van der Waals surface area (Å²) in [5.41, 5.74) is -0.448. The van der Waals surface area contributed by atoms with Crippen LogP contribution in [0.1, 0.15) is 21.9 Å². The first kappa shape index (κ1) is 17.7. The highest BCUT2D eigenvalue weighted by molar-refractivity contribution is 5.88. The molecule has 0 radical (unpaired) electrons. The lowest BCUT2D eigenvalue weighted by molar-refractivity contribution is 0.0594. The second-order valence-corrected chi connectivity index (χ2v) is 5.53. The Bertz CT molecular complexity index is 972. The zero-order valence-electron chi connectivity index (χ0n) is 14.1. The molecule has 0 N–H and O–H groups in total. The molecule has 134 valence electrons. The van der Waals surface area contributed by atoms with Crippen LogP contribution in [0.15, 0.2) is 28.8 Å². The molecule has 0 saturated carbocycles. The summed E-state index contributed by atoms with van der Waals surface area (Å²) in [6.07, 6.45) is 0. The van der Waals surface area contributed by atoms with Crippen molar-refractivity contribution in [2.75, 3.05) is 7.11 Å². The van der Waals surface area contributed by atoms with Crippen LogP contribution in [0.4, 0.5) is 13.2 Å². The van der Waals surface area contributed by atoms with Crippen molar-refractivity contribution in [3.05, 3.63) is 58.9 Å². The molecule has 2 aromatic heterocycles. The summed E-state index contributed by atoms with van der Waals surface area (Å²) < 4.78 is 52.9. The molecule has 0 spiro atoms. The topological polar surface area (TPSA) is 65.2 Å². The van der Waals surface area contributed by atoms with Gasteiger partial charge in [-0.1, -0.05) is 5.16 Å². The van der Waals surface area contributed by atoms with Crippen LogP contribution in [0, 0.1) is 31.3 Å². The summed E-state index contributed by atoms with van der Waals surface area (Å²) in [5.74, 6) is -3.49. The number of methoxy groups -OCH3 is 1. The molecule has 0 aliphatic rings. The van der Waals surface area contributed by atoms with E-state index in [4.69, 9.17) is 4.52 Å². The molecule has 0 fully saturated rings. The Kier molecular flexibility index (Phi) is 4.50. The van der Waals surface area contributed by atoms with E-state index >= 15 is 0 Å². The number of carbonyl (C=O) groups excluding carboxylic acids is 1. The van der Waals surface area contributed by atoms with Crippen molar-refractivity contribution in [1.82, 2.24) is 10.1 Å². The van der Waals surface area contributed by atoms with Gasteiger partial charge in [-0.3, -0.25) is 0 Å². The van der Waals surface area contributed by atoms with Gasteiger partial charge >= 0.3 is 5.97 Å². The lowest BCUT2D eigenvalue weighted by Gasteiger charge is -2.10. The molecule has 0 aliphatic carbocycles. The van der Waals surface area contributed by atoms with Gasteiger partial charge in [-0.2, -0.15) is 0 Å². The molecular formula is C18H13F3N2O3. The van der Waals surface area contributed by atoms with Crippen molar-refractivity contribution >= 4 is 5.97 Å². The fourth-order valence-electron chi connectivity index (χ4n) is 2.67. The maximum absolute atomic E-state index is 14.6. The van der Waals surface area contributed by atoms with Crippen LogP contribution in [-0.2, 0) is 4.74 Å². The van der Waals surface area contributed by atoms with Crippen molar-refractivity contribution in [2.24, 2.45) is 0 Å². The van der Waals surface area contributed by atoms with Gasteiger partial charge < -0.3 is 9.26 Å². The number of halogens is 3. The second kappa shape index (κ2) is 6.62. The smallest absolute Gasteiger partial charge is 0.356 e. The van der Waals surface area contributed by atoms with Gasteiger partial charge in [0.2, 0.25) is 0 Å². The number of rotatable bonds is 3. The van der Waals surface area contributed by atoms with Crippen LogP contribution in [0.25, 0.3) is 22.4 Å². The number of esters is 1. The normalized spacial score (nSPS) is 10.8. The molecule has 0 bridgehead atoms. The lowest BCUT2D eigenvalue weighted by Crippen LogP contribution is -2.07. The summed E-state index contributed by atoms with van der Waals surface area (Å²) in [6, 6.07) is 4.04. The van der Waals surface area contributed by atoms with Crippen molar-refractivity contribution in [1.29, 1.82) is 0 Å². The Hall–Kier alpha value is -3.16. The fourth-order valence-corrected chi connectivity index (χ4v) is 2.67. The predicted molar refractivity (Wildman–Crippen MR) is 85.9 cm³/mol. The predicted octanol–water partition coefficient (Wildman–Crippen LogP) is 4.22. The number of aromatic nitrogens is 2. The average Bonchev–Trinajstić information content (AvgIpc) is 2.93. The first-order chi connectivity index (χ1) is 12.3.